The van der Waals surface area contributed by atoms with Gasteiger partial charge in [0.2, 0.25) is 0 Å². The predicted molar refractivity (Wildman–Crippen MR) is 76.5 cm³/mol. The number of carbonyl (C=O) groups excluding carboxylic acids is 1. The van der Waals surface area contributed by atoms with Gasteiger partial charge in [-0.25, -0.2) is 0 Å². The van der Waals surface area contributed by atoms with E-state index in [-0.39, 0.29) is 5.91 Å². The first-order valence-corrected chi connectivity index (χ1v) is 7.98. The molecule has 4 nitrogen and oxygen atoms in total. The number of aromatic nitrogens is 1. The third-order valence-corrected chi connectivity index (χ3v) is 4.82. The van der Waals surface area contributed by atoms with Crippen LogP contribution in [-0.2, 0) is 0 Å². The first-order valence-electron chi connectivity index (χ1n) is 7.98. The van der Waals surface area contributed by atoms with E-state index in [1.807, 2.05) is 11.8 Å². The molecule has 0 radical (unpaired) electrons. The van der Waals surface area contributed by atoms with Crippen molar-refractivity contribution in [3.63, 3.8) is 0 Å². The maximum atomic E-state index is 12.5. The third-order valence-electron chi connectivity index (χ3n) is 4.82. The fraction of sp³-hybridized carbons (Fsp3) is 0.750. The van der Waals surface area contributed by atoms with Gasteiger partial charge in [-0.3, -0.25) is 4.79 Å². The van der Waals surface area contributed by atoms with E-state index in [4.69, 9.17) is 4.52 Å². The zero-order chi connectivity index (χ0) is 13.9. The lowest BCUT2D eigenvalue weighted by Crippen LogP contribution is -2.37. The summed E-state index contributed by atoms with van der Waals surface area (Å²) in [5, 5.41) is 3.88. The second-order valence-electron chi connectivity index (χ2n) is 6.36. The van der Waals surface area contributed by atoms with Crippen molar-refractivity contribution in [3.8, 4) is 0 Å². The summed E-state index contributed by atoms with van der Waals surface area (Å²) in [5.74, 6) is 1.58. The Kier molecular flexibility index (Phi) is 4.08. The standard InChI is InChI=1S/C16H24N2O2/c1-12-10-15(17-20-12)16(19)18-9-5-8-14(18)11-13-6-3-2-4-7-13/h10,13-14H,2-9,11H2,1H3/t14-/m0/s1. The first kappa shape index (κ1) is 13.7. The molecule has 0 bridgehead atoms. The molecule has 110 valence electrons. The molecule has 2 aliphatic rings. The molecule has 1 saturated carbocycles. The van der Waals surface area contributed by atoms with Crippen LogP contribution in [0.2, 0.25) is 0 Å². The van der Waals surface area contributed by atoms with Crippen molar-refractivity contribution in [3.05, 3.63) is 17.5 Å². The summed E-state index contributed by atoms with van der Waals surface area (Å²) in [4.78, 5) is 14.5. The summed E-state index contributed by atoms with van der Waals surface area (Å²) in [6.45, 7) is 2.70. The van der Waals surface area contributed by atoms with Gasteiger partial charge in [-0.15, -0.1) is 0 Å². The Hall–Kier alpha value is -1.32. The van der Waals surface area contributed by atoms with Gasteiger partial charge in [0.15, 0.2) is 5.69 Å². The first-order chi connectivity index (χ1) is 9.74. The van der Waals surface area contributed by atoms with Gasteiger partial charge in [-0.05, 0) is 32.1 Å². The second kappa shape index (κ2) is 5.98. The smallest absolute Gasteiger partial charge is 0.276 e. The van der Waals surface area contributed by atoms with Crippen LogP contribution in [0.15, 0.2) is 10.6 Å². The normalized spacial score (nSPS) is 24.2. The fourth-order valence-electron chi connectivity index (χ4n) is 3.77. The van der Waals surface area contributed by atoms with Gasteiger partial charge in [-0.1, -0.05) is 37.3 Å². The minimum atomic E-state index is 0.0557. The van der Waals surface area contributed by atoms with E-state index < -0.39 is 0 Å². The van der Waals surface area contributed by atoms with Crippen molar-refractivity contribution in [2.75, 3.05) is 6.54 Å². The molecule has 0 unspecified atom stereocenters. The van der Waals surface area contributed by atoms with Crippen LogP contribution in [0.3, 0.4) is 0 Å². The highest BCUT2D eigenvalue weighted by atomic mass is 16.5. The van der Waals surface area contributed by atoms with Crippen molar-refractivity contribution in [1.82, 2.24) is 10.1 Å². The second-order valence-corrected chi connectivity index (χ2v) is 6.36. The molecular formula is C16H24N2O2. The van der Waals surface area contributed by atoms with Gasteiger partial charge < -0.3 is 9.42 Å². The van der Waals surface area contributed by atoms with Crippen LogP contribution in [0.4, 0.5) is 0 Å². The number of hydrogen-bond donors (Lipinski definition) is 0. The molecule has 20 heavy (non-hydrogen) atoms. The molecule has 2 heterocycles. The largest absolute Gasteiger partial charge is 0.361 e. The van der Waals surface area contributed by atoms with Crippen molar-refractivity contribution in [1.29, 1.82) is 0 Å². The number of nitrogens with zero attached hydrogens (tertiary/aromatic N) is 2. The third kappa shape index (κ3) is 2.89. The highest BCUT2D eigenvalue weighted by Gasteiger charge is 2.32. The maximum Gasteiger partial charge on any atom is 0.276 e. The number of likely N-dealkylation sites (tertiary alicyclic amines) is 1. The van der Waals surface area contributed by atoms with Crippen LogP contribution >= 0.6 is 0 Å². The van der Waals surface area contributed by atoms with Gasteiger partial charge in [-0.2, -0.15) is 0 Å². The molecular weight excluding hydrogens is 252 g/mol. The number of rotatable bonds is 3. The van der Waals surface area contributed by atoms with E-state index in [1.54, 1.807) is 6.07 Å². The molecule has 1 amide bonds. The molecule has 1 atom stereocenters. The number of amides is 1. The Bertz CT molecular complexity index is 463. The van der Waals surface area contributed by atoms with Crippen LogP contribution < -0.4 is 0 Å². The van der Waals surface area contributed by atoms with Gasteiger partial charge >= 0.3 is 0 Å². The van der Waals surface area contributed by atoms with E-state index in [1.165, 1.54) is 38.5 Å². The lowest BCUT2D eigenvalue weighted by atomic mass is 9.84. The van der Waals surface area contributed by atoms with E-state index in [2.05, 4.69) is 5.16 Å². The fourth-order valence-corrected chi connectivity index (χ4v) is 3.77. The monoisotopic (exact) mass is 276 g/mol. The van der Waals surface area contributed by atoms with E-state index in [9.17, 15) is 4.79 Å². The lowest BCUT2D eigenvalue weighted by Gasteiger charge is -2.29. The van der Waals surface area contributed by atoms with Crippen LogP contribution in [-0.4, -0.2) is 28.6 Å². The summed E-state index contributed by atoms with van der Waals surface area (Å²) in [6, 6.07) is 2.17. The SMILES string of the molecule is Cc1cc(C(=O)N2CCC[C@H]2CC2CCCCC2)no1. The van der Waals surface area contributed by atoms with Gasteiger partial charge in [0.1, 0.15) is 5.76 Å². The molecule has 1 aromatic heterocycles. The minimum absolute atomic E-state index is 0.0557. The number of carbonyl (C=O) groups is 1. The summed E-state index contributed by atoms with van der Waals surface area (Å²) in [7, 11) is 0. The molecule has 0 spiro atoms. The molecule has 2 fully saturated rings. The highest BCUT2D eigenvalue weighted by molar-refractivity contribution is 5.92. The average molecular weight is 276 g/mol. The zero-order valence-corrected chi connectivity index (χ0v) is 12.3. The van der Waals surface area contributed by atoms with Crippen LogP contribution in [0, 0.1) is 12.8 Å². The molecule has 1 aromatic rings. The molecule has 4 heteroatoms. The van der Waals surface area contributed by atoms with Crippen LogP contribution in [0.5, 0.6) is 0 Å². The van der Waals surface area contributed by atoms with Crippen LogP contribution in [0.25, 0.3) is 0 Å². The molecule has 0 aromatic carbocycles. The van der Waals surface area contributed by atoms with Crippen molar-refractivity contribution < 1.29 is 9.32 Å². The Balaban J connectivity index is 1.64. The Morgan fingerprint density at radius 2 is 2.10 bits per heavy atom. The van der Waals surface area contributed by atoms with Gasteiger partial charge in [0.05, 0.1) is 0 Å². The Morgan fingerprint density at radius 3 is 2.80 bits per heavy atom. The summed E-state index contributed by atoms with van der Waals surface area (Å²) in [6.07, 6.45) is 10.3. The van der Waals surface area contributed by atoms with Crippen LogP contribution in [0.1, 0.15) is 67.6 Å². The number of hydrogen-bond acceptors (Lipinski definition) is 3. The molecule has 3 rings (SSSR count). The lowest BCUT2D eigenvalue weighted by molar-refractivity contribution is 0.0701. The van der Waals surface area contributed by atoms with E-state index in [0.29, 0.717) is 17.5 Å². The molecule has 0 N–H and O–H groups in total. The Labute approximate surface area is 120 Å². The van der Waals surface area contributed by atoms with Gasteiger partial charge in [0.25, 0.3) is 5.91 Å². The van der Waals surface area contributed by atoms with Crippen molar-refractivity contribution in [2.45, 2.75) is 64.3 Å². The zero-order valence-electron chi connectivity index (χ0n) is 12.3. The molecule has 1 saturated heterocycles. The van der Waals surface area contributed by atoms with E-state index in [0.717, 1.165) is 25.3 Å². The highest BCUT2D eigenvalue weighted by Crippen LogP contribution is 2.32. The topological polar surface area (TPSA) is 46.3 Å². The molecule has 1 aliphatic carbocycles. The predicted octanol–water partition coefficient (Wildman–Crippen LogP) is 3.56. The summed E-state index contributed by atoms with van der Waals surface area (Å²) < 4.78 is 5.03. The minimum Gasteiger partial charge on any atom is -0.361 e. The maximum absolute atomic E-state index is 12.5. The molecule has 1 aliphatic heterocycles. The summed E-state index contributed by atoms with van der Waals surface area (Å²) in [5.41, 5.74) is 0.470. The van der Waals surface area contributed by atoms with Gasteiger partial charge in [0, 0.05) is 18.7 Å². The van der Waals surface area contributed by atoms with E-state index >= 15 is 0 Å². The van der Waals surface area contributed by atoms with Crippen molar-refractivity contribution in [2.24, 2.45) is 5.92 Å². The average Bonchev–Trinajstić information content (AvgIpc) is 3.08. The van der Waals surface area contributed by atoms with Crippen molar-refractivity contribution >= 4 is 5.91 Å². The quantitative estimate of drug-likeness (QED) is 0.848. The summed E-state index contributed by atoms with van der Waals surface area (Å²) >= 11 is 0. The Morgan fingerprint density at radius 1 is 1.30 bits per heavy atom. The number of aryl methyl sites for hydroxylation is 1.